The van der Waals surface area contributed by atoms with E-state index in [9.17, 15) is 0 Å². The molecule has 0 N–H and O–H groups in total. The van der Waals surface area contributed by atoms with E-state index in [4.69, 9.17) is 19.2 Å². The van der Waals surface area contributed by atoms with Crippen molar-refractivity contribution in [3.8, 4) is 0 Å². The summed E-state index contributed by atoms with van der Waals surface area (Å²) in [5.41, 5.74) is 0. The van der Waals surface area contributed by atoms with Crippen LogP contribution in [0.4, 0.5) is 0 Å². The van der Waals surface area contributed by atoms with Gasteiger partial charge in [-0.1, -0.05) is 0 Å². The summed E-state index contributed by atoms with van der Waals surface area (Å²) in [6.45, 7) is 0. The van der Waals surface area contributed by atoms with Gasteiger partial charge in [0, 0.05) is 0 Å². The molecule has 0 aliphatic carbocycles. The molecule has 0 unspecified atom stereocenters. The van der Waals surface area contributed by atoms with Crippen LogP contribution in [0.25, 0.3) is 0 Å². The first kappa shape index (κ1) is 10.4. The van der Waals surface area contributed by atoms with Crippen molar-refractivity contribution in [3.63, 3.8) is 0 Å². The molecule has 0 aliphatic rings. The molecule has 6 heavy (non-hydrogen) atoms. The van der Waals surface area contributed by atoms with E-state index in [1.54, 1.807) is 0 Å². The summed E-state index contributed by atoms with van der Waals surface area (Å²) in [7, 11) is -5.39. The van der Waals surface area contributed by atoms with E-state index in [0.717, 1.165) is 0 Å². The first-order valence-electron chi connectivity index (χ1n) is 0.730. The SMILES string of the molecule is O=P([O-])([O-])[O-].[Pm+3]. The summed E-state index contributed by atoms with van der Waals surface area (Å²) in [6, 6.07) is 0. The Hall–Kier alpha value is 1.45. The molecule has 0 heterocycles. The molecule has 0 saturated heterocycles. The maximum Gasteiger partial charge on any atom is 3.00 e. The van der Waals surface area contributed by atoms with Gasteiger partial charge in [-0.3, -0.25) is 0 Å². The van der Waals surface area contributed by atoms with Gasteiger partial charge in [0.25, 0.3) is 0 Å². The van der Waals surface area contributed by atoms with Gasteiger partial charge in [-0.25, -0.2) is 0 Å². The Kier molecular flexibility index (Phi) is 6.00. The molecule has 0 saturated carbocycles. The monoisotopic (exact) mass is 240 g/mol. The Morgan fingerprint density at radius 1 is 1.17 bits per heavy atom. The maximum atomic E-state index is 8.55. The summed E-state index contributed by atoms with van der Waals surface area (Å²) in [5.74, 6) is 0. The van der Waals surface area contributed by atoms with Crippen molar-refractivity contribution in [2.45, 2.75) is 0 Å². The Morgan fingerprint density at radius 2 is 1.17 bits per heavy atom. The molecular weight excluding hydrogens is 240 g/mol. The number of phosphoric acid groups is 1. The Balaban J connectivity index is 0. The Labute approximate surface area is 66.9 Å². The van der Waals surface area contributed by atoms with Gasteiger partial charge in [0.1, 0.15) is 0 Å². The van der Waals surface area contributed by atoms with Crippen LogP contribution in [-0.4, -0.2) is 0 Å². The number of rotatable bonds is 0. The van der Waals surface area contributed by atoms with E-state index in [-0.39, 0.29) is 40.4 Å². The zero-order chi connectivity index (χ0) is 4.50. The predicted octanol–water partition coefficient (Wildman–Crippen LogP) is -2.82. The van der Waals surface area contributed by atoms with Crippen LogP contribution in [0.2, 0.25) is 0 Å². The van der Waals surface area contributed by atoms with Crippen LogP contribution in [0.5, 0.6) is 0 Å². The largest absolute Gasteiger partial charge is 3.00 e. The average molecular weight is 240 g/mol. The summed E-state index contributed by atoms with van der Waals surface area (Å²) >= 11 is 0. The molecule has 0 radical (unpaired) electrons. The fraction of sp³-hybridized carbons (Fsp3) is 0. The van der Waals surface area contributed by atoms with Crippen molar-refractivity contribution in [1.29, 1.82) is 0 Å². The molecule has 0 fully saturated rings. The van der Waals surface area contributed by atoms with Crippen molar-refractivity contribution in [1.82, 2.24) is 0 Å². The third-order valence-electron chi connectivity index (χ3n) is 0. The van der Waals surface area contributed by atoms with Crippen molar-refractivity contribution in [2.24, 2.45) is 0 Å². The standard InChI is InChI=1S/H3O4P.Pm/c1-5(2,3)4;/h(H3,1,2,3,4);/q;+3/p-3. The fourth-order valence-corrected chi connectivity index (χ4v) is 0. The van der Waals surface area contributed by atoms with Gasteiger partial charge in [-0.2, -0.15) is 7.82 Å². The van der Waals surface area contributed by atoms with E-state index in [0.29, 0.717) is 0 Å². The number of hydrogen-bond donors (Lipinski definition) is 0. The van der Waals surface area contributed by atoms with E-state index in [1.807, 2.05) is 0 Å². The second-order valence-corrected chi connectivity index (χ2v) is 1.34. The molecule has 4 nitrogen and oxygen atoms in total. The van der Waals surface area contributed by atoms with Gasteiger partial charge >= 0.3 is 40.4 Å². The topological polar surface area (TPSA) is 86.2 Å². The molecule has 0 rings (SSSR count). The van der Waals surface area contributed by atoms with Crippen LogP contribution in [0.15, 0.2) is 0 Å². The van der Waals surface area contributed by atoms with Crippen molar-refractivity contribution >= 4 is 7.82 Å². The first-order chi connectivity index (χ1) is 2.00. The molecule has 0 aromatic carbocycles. The zero-order valence-electron chi connectivity index (χ0n) is 2.53. The van der Waals surface area contributed by atoms with E-state index in [1.165, 1.54) is 0 Å². The quantitative estimate of drug-likeness (QED) is 0.427. The van der Waals surface area contributed by atoms with Gasteiger partial charge in [-0.05, 0) is 0 Å². The minimum Gasteiger partial charge on any atom is -0.822 e. The van der Waals surface area contributed by atoms with Crippen LogP contribution in [0.3, 0.4) is 0 Å². The average Bonchev–Trinajstić information content (AvgIpc) is 0.722. The van der Waals surface area contributed by atoms with E-state index >= 15 is 0 Å². The first-order valence-corrected chi connectivity index (χ1v) is 2.19. The third-order valence-corrected chi connectivity index (χ3v) is 0. The smallest absolute Gasteiger partial charge is 0.822 e. The third kappa shape index (κ3) is 51.4. The van der Waals surface area contributed by atoms with Gasteiger partial charge in [0.05, 0.1) is 0 Å². The number of hydrogen-bond acceptors (Lipinski definition) is 4. The normalized spacial score (nSPS) is 9.83. The van der Waals surface area contributed by atoms with Crippen LogP contribution >= 0.6 is 7.82 Å². The molecule has 0 aromatic heterocycles. The van der Waals surface area contributed by atoms with Gasteiger partial charge in [-0.15, -0.1) is 0 Å². The summed E-state index contributed by atoms with van der Waals surface area (Å²) in [5, 5.41) is 0. The minimum absolute atomic E-state index is 0. The van der Waals surface area contributed by atoms with Gasteiger partial charge < -0.3 is 19.2 Å². The summed E-state index contributed by atoms with van der Waals surface area (Å²) in [4.78, 5) is 25.6. The fourth-order valence-electron chi connectivity index (χ4n) is 0. The van der Waals surface area contributed by atoms with Crippen LogP contribution in [0.1, 0.15) is 0 Å². The van der Waals surface area contributed by atoms with Crippen LogP contribution in [0, 0.1) is 40.4 Å². The summed E-state index contributed by atoms with van der Waals surface area (Å²) < 4.78 is 8.55. The van der Waals surface area contributed by atoms with Crippen LogP contribution < -0.4 is 14.7 Å². The van der Waals surface area contributed by atoms with Gasteiger partial charge in [0.2, 0.25) is 0 Å². The molecule has 0 aliphatic heterocycles. The molecular formula is O4PPm. The zero-order valence-corrected chi connectivity index (χ0v) is 6.29. The Bertz CT molecular complexity index is 53.7. The molecule has 6 heteroatoms. The van der Waals surface area contributed by atoms with Crippen molar-refractivity contribution in [3.05, 3.63) is 0 Å². The molecule has 0 bridgehead atoms. The summed E-state index contributed by atoms with van der Waals surface area (Å²) in [6.07, 6.45) is 0. The van der Waals surface area contributed by atoms with Crippen molar-refractivity contribution in [2.75, 3.05) is 0 Å². The van der Waals surface area contributed by atoms with Gasteiger partial charge in [0.15, 0.2) is 0 Å². The van der Waals surface area contributed by atoms with Crippen molar-refractivity contribution < 1.29 is 59.6 Å². The minimum atomic E-state index is -5.39. The van der Waals surface area contributed by atoms with E-state index in [2.05, 4.69) is 0 Å². The second-order valence-electron chi connectivity index (χ2n) is 0.447. The molecule has 0 amide bonds. The van der Waals surface area contributed by atoms with E-state index < -0.39 is 7.82 Å². The second kappa shape index (κ2) is 3.45. The molecule has 34 valence electrons. The maximum absolute atomic E-state index is 8.55. The molecule has 0 atom stereocenters. The predicted molar refractivity (Wildman–Crippen MR) is 7.61 cm³/mol. The Morgan fingerprint density at radius 3 is 1.17 bits per heavy atom. The van der Waals surface area contributed by atoms with Crippen LogP contribution in [-0.2, 0) is 4.57 Å². The molecule has 0 aromatic rings. The molecule has 0 spiro atoms.